The van der Waals surface area contributed by atoms with Gasteiger partial charge in [-0.25, -0.2) is 4.39 Å². The first kappa shape index (κ1) is 23.3. The van der Waals surface area contributed by atoms with Gasteiger partial charge < -0.3 is 5.32 Å². The zero-order chi connectivity index (χ0) is 22.9. The fourth-order valence-corrected chi connectivity index (χ4v) is 3.33. The third-order valence-corrected chi connectivity index (χ3v) is 4.57. The molecular weight excluding hydrogens is 432 g/mol. The molecule has 0 unspecified atom stereocenters. The highest BCUT2D eigenvalue weighted by Crippen LogP contribution is 2.38. The summed E-state index contributed by atoms with van der Waals surface area (Å²) in [6.07, 6.45) is -5.53. The van der Waals surface area contributed by atoms with Crippen molar-refractivity contribution in [3.63, 3.8) is 0 Å². The Hall–Kier alpha value is -3.01. The second-order valence-electron chi connectivity index (χ2n) is 7.02. The van der Waals surface area contributed by atoms with Crippen molar-refractivity contribution in [1.29, 1.82) is 0 Å². The molecule has 30 heavy (non-hydrogen) atoms. The van der Waals surface area contributed by atoms with E-state index in [4.69, 9.17) is 11.6 Å². The zero-order valence-electron chi connectivity index (χ0n) is 15.6. The maximum atomic E-state index is 14.1. The Morgan fingerprint density at radius 2 is 1.80 bits per heavy atom. The fourth-order valence-electron chi connectivity index (χ4n) is 2.92. The largest absolute Gasteiger partial charge is 0.423 e. The van der Waals surface area contributed by atoms with Gasteiger partial charge in [0.25, 0.3) is 11.6 Å². The molecule has 0 aliphatic rings. The van der Waals surface area contributed by atoms with Crippen LogP contribution in [0.4, 0.5) is 28.9 Å². The first-order chi connectivity index (χ1) is 13.7. The molecule has 0 bridgehead atoms. The Balaban J connectivity index is 2.24. The van der Waals surface area contributed by atoms with Crippen molar-refractivity contribution >= 4 is 34.7 Å². The Kier molecular flexibility index (Phi) is 6.51. The number of hydrogen-bond acceptors (Lipinski definition) is 4. The van der Waals surface area contributed by atoms with Crippen molar-refractivity contribution in [3.8, 4) is 0 Å². The summed E-state index contributed by atoms with van der Waals surface area (Å²) in [5.41, 5.74) is -4.39. The number of nitro benzene ring substituents is 1. The topological polar surface area (TPSA) is 89.3 Å². The number of nitrogens with zero attached hydrogens (tertiary/aromatic N) is 1. The van der Waals surface area contributed by atoms with Gasteiger partial charge in [-0.15, -0.1) is 0 Å². The van der Waals surface area contributed by atoms with Gasteiger partial charge in [0.15, 0.2) is 0 Å². The van der Waals surface area contributed by atoms with Crippen molar-refractivity contribution in [2.45, 2.75) is 31.9 Å². The number of carbonyl (C=O) groups is 2. The molecule has 6 nitrogen and oxygen atoms in total. The number of nitrogens with one attached hydrogen (secondary N) is 1. The number of carbonyl (C=O) groups excluding carboxylic acids is 2. The predicted octanol–water partition coefficient (Wildman–Crippen LogP) is 5.28. The molecule has 160 valence electrons. The van der Waals surface area contributed by atoms with Crippen molar-refractivity contribution in [2.75, 3.05) is 5.32 Å². The molecule has 11 heteroatoms. The normalized spacial score (nSPS) is 11.8. The van der Waals surface area contributed by atoms with Gasteiger partial charge in [-0.05, 0) is 24.3 Å². The number of rotatable bonds is 6. The van der Waals surface area contributed by atoms with Crippen LogP contribution in [0, 0.1) is 15.9 Å². The van der Waals surface area contributed by atoms with Crippen LogP contribution in [0.2, 0.25) is 5.02 Å². The monoisotopic (exact) mass is 446 g/mol. The van der Waals surface area contributed by atoms with Crippen LogP contribution in [0.5, 0.6) is 0 Å². The Morgan fingerprint density at radius 3 is 2.33 bits per heavy atom. The predicted molar refractivity (Wildman–Crippen MR) is 101 cm³/mol. The summed E-state index contributed by atoms with van der Waals surface area (Å²) < 4.78 is 53.3. The van der Waals surface area contributed by atoms with E-state index in [9.17, 15) is 37.3 Å². The van der Waals surface area contributed by atoms with Gasteiger partial charge in [0.1, 0.15) is 11.4 Å². The Morgan fingerprint density at radius 1 is 1.17 bits per heavy atom. The smallest absolute Gasteiger partial charge is 0.319 e. The molecule has 0 heterocycles. The van der Waals surface area contributed by atoms with Gasteiger partial charge in [-0.3, -0.25) is 19.7 Å². The number of halogens is 5. The first-order valence-electron chi connectivity index (χ1n) is 8.38. The molecule has 0 fully saturated rings. The second kappa shape index (κ2) is 8.39. The number of alkyl halides is 3. The van der Waals surface area contributed by atoms with Gasteiger partial charge >= 0.3 is 6.18 Å². The Labute approximate surface area is 173 Å². The summed E-state index contributed by atoms with van der Waals surface area (Å²) in [6, 6.07) is 5.75. The van der Waals surface area contributed by atoms with Gasteiger partial charge in [0, 0.05) is 34.2 Å². The number of nitro groups is 1. The molecule has 0 atom stereocenters. The molecule has 0 aliphatic carbocycles. The number of Topliss-reactive ketones (excluding diaryl/α,β-unsaturated/α-hetero) is 1. The summed E-state index contributed by atoms with van der Waals surface area (Å²) >= 11 is 5.99. The molecule has 2 aromatic carbocycles. The number of hydrogen-bond donors (Lipinski definition) is 1. The standard InChI is InChI=1S/C19H15ClF4N2O4/c1-18(2,16-12(20)4-3-5-13(16)21)9-15(27)17(28)25-10-6-7-14(26(29)30)11(8-10)19(22,23)24/h3-8H,9H2,1-2H3,(H,25,28). The van der Waals surface area contributed by atoms with Crippen molar-refractivity contribution < 1.29 is 32.1 Å². The van der Waals surface area contributed by atoms with E-state index < -0.39 is 57.4 Å². The minimum absolute atomic E-state index is 0.0162. The summed E-state index contributed by atoms with van der Waals surface area (Å²) in [7, 11) is 0. The minimum atomic E-state index is -5.04. The average molecular weight is 447 g/mol. The highest BCUT2D eigenvalue weighted by atomic mass is 35.5. The summed E-state index contributed by atoms with van der Waals surface area (Å²) in [5.74, 6) is -2.96. The maximum Gasteiger partial charge on any atom is 0.423 e. The Bertz CT molecular complexity index is 1000. The quantitative estimate of drug-likeness (QED) is 0.283. The number of amides is 1. The molecule has 0 aliphatic heterocycles. The summed E-state index contributed by atoms with van der Waals surface area (Å²) in [4.78, 5) is 34.0. The van der Waals surface area contributed by atoms with Crippen LogP contribution in [-0.4, -0.2) is 16.6 Å². The molecule has 0 spiro atoms. The molecule has 2 rings (SSSR count). The summed E-state index contributed by atoms with van der Waals surface area (Å²) in [5, 5.41) is 12.8. The van der Waals surface area contributed by atoms with Crippen molar-refractivity contribution in [2.24, 2.45) is 0 Å². The van der Waals surface area contributed by atoms with E-state index in [2.05, 4.69) is 0 Å². The van der Waals surface area contributed by atoms with Crippen LogP contribution in [0.1, 0.15) is 31.4 Å². The minimum Gasteiger partial charge on any atom is -0.319 e. The SMILES string of the molecule is CC(C)(CC(=O)C(=O)Nc1ccc([N+](=O)[O-])c(C(F)(F)F)c1)c1c(F)cccc1Cl. The third kappa shape index (κ3) is 5.12. The molecule has 0 saturated carbocycles. The molecular formula is C19H15ClF4N2O4. The van der Waals surface area contributed by atoms with E-state index in [1.54, 1.807) is 0 Å². The molecule has 0 aromatic heterocycles. The van der Waals surface area contributed by atoms with E-state index in [1.807, 2.05) is 5.32 Å². The number of benzene rings is 2. The van der Waals surface area contributed by atoms with Crippen LogP contribution < -0.4 is 5.32 Å². The van der Waals surface area contributed by atoms with E-state index in [1.165, 1.54) is 26.0 Å². The first-order valence-corrected chi connectivity index (χ1v) is 8.76. The van der Waals surface area contributed by atoms with E-state index in [0.717, 1.165) is 12.1 Å². The van der Waals surface area contributed by atoms with Gasteiger partial charge in [-0.1, -0.05) is 31.5 Å². The lowest BCUT2D eigenvalue weighted by molar-refractivity contribution is -0.388. The highest BCUT2D eigenvalue weighted by molar-refractivity contribution is 6.41. The van der Waals surface area contributed by atoms with Crippen LogP contribution >= 0.6 is 11.6 Å². The molecule has 0 radical (unpaired) electrons. The average Bonchev–Trinajstić information content (AvgIpc) is 2.59. The maximum absolute atomic E-state index is 14.1. The molecule has 1 N–H and O–H groups in total. The fraction of sp³-hybridized carbons (Fsp3) is 0.263. The van der Waals surface area contributed by atoms with Crippen LogP contribution in [0.15, 0.2) is 36.4 Å². The van der Waals surface area contributed by atoms with Crippen LogP contribution in [0.25, 0.3) is 0 Å². The van der Waals surface area contributed by atoms with E-state index in [-0.39, 0.29) is 10.6 Å². The van der Waals surface area contributed by atoms with Gasteiger partial charge in [0.05, 0.1) is 4.92 Å². The molecule has 2 aromatic rings. The van der Waals surface area contributed by atoms with Crippen molar-refractivity contribution in [1.82, 2.24) is 0 Å². The third-order valence-electron chi connectivity index (χ3n) is 4.25. The van der Waals surface area contributed by atoms with E-state index >= 15 is 0 Å². The molecule has 0 saturated heterocycles. The summed E-state index contributed by atoms with van der Waals surface area (Å²) in [6.45, 7) is 2.96. The highest BCUT2D eigenvalue weighted by Gasteiger charge is 2.39. The van der Waals surface area contributed by atoms with Gasteiger partial charge in [0.2, 0.25) is 5.78 Å². The lowest BCUT2D eigenvalue weighted by Gasteiger charge is -2.25. The molecule has 1 amide bonds. The lowest BCUT2D eigenvalue weighted by Crippen LogP contribution is -2.31. The lowest BCUT2D eigenvalue weighted by atomic mass is 9.79. The van der Waals surface area contributed by atoms with Crippen molar-refractivity contribution in [3.05, 3.63) is 68.5 Å². The van der Waals surface area contributed by atoms with Crippen LogP contribution in [-0.2, 0) is 21.2 Å². The van der Waals surface area contributed by atoms with E-state index in [0.29, 0.717) is 12.1 Å². The zero-order valence-corrected chi connectivity index (χ0v) is 16.4. The van der Waals surface area contributed by atoms with Crippen LogP contribution in [0.3, 0.4) is 0 Å². The number of anilines is 1. The number of ketones is 1. The van der Waals surface area contributed by atoms with Gasteiger partial charge in [-0.2, -0.15) is 13.2 Å². The second-order valence-corrected chi connectivity index (χ2v) is 7.43.